The van der Waals surface area contributed by atoms with E-state index in [9.17, 15) is 4.79 Å². The minimum absolute atomic E-state index is 0.218. The second-order valence-electron chi connectivity index (χ2n) is 6.27. The van der Waals surface area contributed by atoms with Crippen LogP contribution in [-0.2, 0) is 4.79 Å². The summed E-state index contributed by atoms with van der Waals surface area (Å²) in [5.74, 6) is 1.16. The lowest BCUT2D eigenvalue weighted by Gasteiger charge is -2.35. The fourth-order valence-electron chi connectivity index (χ4n) is 3.55. The zero-order valence-corrected chi connectivity index (χ0v) is 11.9. The van der Waals surface area contributed by atoms with Crippen molar-refractivity contribution in [3.8, 4) is 0 Å². The highest BCUT2D eigenvalue weighted by Crippen LogP contribution is 2.27. The van der Waals surface area contributed by atoms with Gasteiger partial charge in [0.25, 0.3) is 0 Å². The molecular formula is C15H28N2O2. The first kappa shape index (κ1) is 14.8. The Labute approximate surface area is 116 Å². The van der Waals surface area contributed by atoms with Gasteiger partial charge in [-0.25, -0.2) is 0 Å². The maximum absolute atomic E-state index is 12.4. The summed E-state index contributed by atoms with van der Waals surface area (Å²) >= 11 is 0. The van der Waals surface area contributed by atoms with E-state index in [1.807, 2.05) is 4.90 Å². The molecule has 1 saturated carbocycles. The molecule has 2 rings (SSSR count). The van der Waals surface area contributed by atoms with E-state index >= 15 is 0 Å². The van der Waals surface area contributed by atoms with E-state index in [-0.39, 0.29) is 18.6 Å². The van der Waals surface area contributed by atoms with E-state index < -0.39 is 0 Å². The average molecular weight is 268 g/mol. The van der Waals surface area contributed by atoms with Crippen LogP contribution in [0.2, 0.25) is 0 Å². The highest BCUT2D eigenvalue weighted by Gasteiger charge is 2.28. The van der Waals surface area contributed by atoms with Crippen LogP contribution in [0.4, 0.5) is 0 Å². The lowest BCUT2D eigenvalue weighted by atomic mass is 9.82. The molecule has 4 heteroatoms. The molecule has 1 amide bonds. The number of nitrogens with two attached hydrogens (primary N) is 1. The molecule has 3 unspecified atom stereocenters. The van der Waals surface area contributed by atoms with Gasteiger partial charge in [-0.05, 0) is 43.9 Å². The van der Waals surface area contributed by atoms with Crippen molar-refractivity contribution in [1.29, 1.82) is 0 Å². The van der Waals surface area contributed by atoms with Crippen LogP contribution >= 0.6 is 0 Å². The Balaban J connectivity index is 1.81. The maximum Gasteiger partial charge on any atom is 0.222 e. The van der Waals surface area contributed by atoms with Crippen LogP contribution in [0.1, 0.15) is 51.4 Å². The Kier molecular flexibility index (Phi) is 5.64. The normalized spacial score (nSPS) is 32.3. The molecule has 3 N–H and O–H groups in total. The number of hydrogen-bond acceptors (Lipinski definition) is 3. The van der Waals surface area contributed by atoms with Crippen molar-refractivity contribution in [2.75, 3.05) is 19.7 Å². The first-order chi connectivity index (χ1) is 9.20. The summed E-state index contributed by atoms with van der Waals surface area (Å²) in [5.41, 5.74) is 6.13. The van der Waals surface area contributed by atoms with E-state index in [1.165, 1.54) is 12.8 Å². The Morgan fingerprint density at radius 1 is 1.21 bits per heavy atom. The van der Waals surface area contributed by atoms with Gasteiger partial charge in [0.2, 0.25) is 5.91 Å². The fraction of sp³-hybridized carbons (Fsp3) is 0.933. The predicted octanol–water partition coefficient (Wildman–Crippen LogP) is 1.51. The largest absolute Gasteiger partial charge is 0.396 e. The van der Waals surface area contributed by atoms with Crippen LogP contribution in [0.3, 0.4) is 0 Å². The van der Waals surface area contributed by atoms with Gasteiger partial charge in [-0.1, -0.05) is 12.8 Å². The Morgan fingerprint density at radius 3 is 2.74 bits per heavy atom. The lowest BCUT2D eigenvalue weighted by molar-refractivity contribution is -0.134. The van der Waals surface area contributed by atoms with Gasteiger partial charge in [0.1, 0.15) is 0 Å². The molecule has 0 aromatic rings. The molecule has 19 heavy (non-hydrogen) atoms. The number of nitrogens with zero attached hydrogens (tertiary/aromatic N) is 1. The molecular weight excluding hydrogens is 240 g/mol. The second-order valence-corrected chi connectivity index (χ2v) is 6.27. The zero-order chi connectivity index (χ0) is 13.7. The molecule has 2 fully saturated rings. The van der Waals surface area contributed by atoms with Gasteiger partial charge in [0, 0.05) is 32.2 Å². The van der Waals surface area contributed by atoms with Gasteiger partial charge in [-0.2, -0.15) is 0 Å². The van der Waals surface area contributed by atoms with Crippen molar-refractivity contribution in [1.82, 2.24) is 4.90 Å². The molecule has 1 aliphatic heterocycles. The molecule has 0 aromatic heterocycles. The highest BCUT2D eigenvalue weighted by atomic mass is 16.3. The molecule has 110 valence electrons. The minimum atomic E-state index is 0.218. The number of piperidine rings is 1. The van der Waals surface area contributed by atoms with Crippen LogP contribution < -0.4 is 5.73 Å². The number of hydrogen-bond donors (Lipinski definition) is 2. The third-order valence-corrected chi connectivity index (χ3v) is 4.81. The molecule has 4 nitrogen and oxygen atoms in total. The number of aliphatic hydroxyl groups excluding tert-OH is 1. The summed E-state index contributed by atoms with van der Waals surface area (Å²) in [5, 5.41) is 9.02. The molecule has 3 atom stereocenters. The third kappa shape index (κ3) is 4.18. The number of carbonyl (C=O) groups is 1. The summed E-state index contributed by atoms with van der Waals surface area (Å²) in [7, 11) is 0. The van der Waals surface area contributed by atoms with Gasteiger partial charge < -0.3 is 15.7 Å². The monoisotopic (exact) mass is 268 g/mol. The van der Waals surface area contributed by atoms with E-state index in [0.29, 0.717) is 18.3 Å². The van der Waals surface area contributed by atoms with Gasteiger partial charge in [0.05, 0.1) is 0 Å². The van der Waals surface area contributed by atoms with Gasteiger partial charge >= 0.3 is 0 Å². The Morgan fingerprint density at radius 2 is 2.00 bits per heavy atom. The number of aliphatic hydroxyl groups is 1. The van der Waals surface area contributed by atoms with E-state index in [0.717, 1.165) is 45.2 Å². The van der Waals surface area contributed by atoms with E-state index in [4.69, 9.17) is 10.8 Å². The number of likely N-dealkylation sites (tertiary alicyclic amines) is 1. The minimum Gasteiger partial charge on any atom is -0.396 e. The van der Waals surface area contributed by atoms with Crippen molar-refractivity contribution < 1.29 is 9.90 Å². The molecule has 1 aliphatic carbocycles. The Hall–Kier alpha value is -0.610. The van der Waals surface area contributed by atoms with Crippen LogP contribution in [0, 0.1) is 11.8 Å². The van der Waals surface area contributed by atoms with Gasteiger partial charge in [0.15, 0.2) is 0 Å². The van der Waals surface area contributed by atoms with Crippen LogP contribution in [-0.4, -0.2) is 41.7 Å². The molecule has 0 radical (unpaired) electrons. The summed E-state index contributed by atoms with van der Waals surface area (Å²) in [6.07, 6.45) is 8.30. The SMILES string of the molecule is NC1CCCCC1CC(=O)N1CCCC(CCO)C1. The molecule has 1 heterocycles. The molecule has 2 aliphatic rings. The molecule has 1 saturated heterocycles. The first-order valence-corrected chi connectivity index (χ1v) is 7.85. The van der Waals surface area contributed by atoms with Crippen molar-refractivity contribution in [3.05, 3.63) is 0 Å². The van der Waals surface area contributed by atoms with E-state index in [1.54, 1.807) is 0 Å². The third-order valence-electron chi connectivity index (χ3n) is 4.81. The van der Waals surface area contributed by atoms with Crippen molar-refractivity contribution in [2.45, 2.75) is 57.4 Å². The number of amides is 1. The molecule has 0 aromatic carbocycles. The molecule has 0 bridgehead atoms. The fourth-order valence-corrected chi connectivity index (χ4v) is 3.55. The lowest BCUT2D eigenvalue weighted by Crippen LogP contribution is -2.43. The van der Waals surface area contributed by atoms with E-state index in [2.05, 4.69) is 0 Å². The maximum atomic E-state index is 12.4. The van der Waals surface area contributed by atoms with Crippen molar-refractivity contribution >= 4 is 5.91 Å². The van der Waals surface area contributed by atoms with Crippen molar-refractivity contribution in [2.24, 2.45) is 17.6 Å². The second kappa shape index (κ2) is 7.25. The number of carbonyl (C=O) groups excluding carboxylic acids is 1. The van der Waals surface area contributed by atoms with Crippen molar-refractivity contribution in [3.63, 3.8) is 0 Å². The van der Waals surface area contributed by atoms with Crippen LogP contribution in [0.15, 0.2) is 0 Å². The summed E-state index contributed by atoms with van der Waals surface area (Å²) in [4.78, 5) is 14.4. The first-order valence-electron chi connectivity index (χ1n) is 7.85. The Bertz CT molecular complexity index is 294. The topological polar surface area (TPSA) is 66.6 Å². The number of rotatable bonds is 4. The van der Waals surface area contributed by atoms with Gasteiger partial charge in [-0.3, -0.25) is 4.79 Å². The smallest absolute Gasteiger partial charge is 0.222 e. The van der Waals surface area contributed by atoms with Crippen LogP contribution in [0.5, 0.6) is 0 Å². The summed E-state index contributed by atoms with van der Waals surface area (Å²) in [6.45, 7) is 1.96. The quantitative estimate of drug-likeness (QED) is 0.812. The summed E-state index contributed by atoms with van der Waals surface area (Å²) < 4.78 is 0. The standard InChI is InChI=1S/C15H28N2O2/c16-14-6-2-1-5-13(14)10-15(19)17-8-3-4-12(11-17)7-9-18/h12-14,18H,1-11,16H2. The average Bonchev–Trinajstić information content (AvgIpc) is 2.42. The zero-order valence-electron chi connectivity index (χ0n) is 11.9. The van der Waals surface area contributed by atoms with Crippen LogP contribution in [0.25, 0.3) is 0 Å². The highest BCUT2D eigenvalue weighted by molar-refractivity contribution is 5.76. The summed E-state index contributed by atoms with van der Waals surface area (Å²) in [6, 6.07) is 0.218. The van der Waals surface area contributed by atoms with Gasteiger partial charge in [-0.15, -0.1) is 0 Å². The molecule has 0 spiro atoms. The predicted molar refractivity (Wildman–Crippen MR) is 75.6 cm³/mol.